The highest BCUT2D eigenvalue weighted by atomic mass is 16.3. The molecule has 2 fully saturated rings. The molecule has 2 N–H and O–H groups in total. The summed E-state index contributed by atoms with van der Waals surface area (Å²) >= 11 is 0. The van der Waals surface area contributed by atoms with Crippen molar-refractivity contribution in [2.75, 3.05) is 0 Å². The van der Waals surface area contributed by atoms with Crippen molar-refractivity contribution < 1.29 is 10.2 Å². The molecule has 0 bridgehead atoms. The molecule has 0 aromatic heterocycles. The smallest absolute Gasteiger partial charge is 0.0605 e. The van der Waals surface area contributed by atoms with E-state index in [0.717, 1.165) is 19.3 Å². The summed E-state index contributed by atoms with van der Waals surface area (Å²) in [6, 6.07) is 0. The Kier molecular flexibility index (Phi) is 6.82. The predicted octanol–water partition coefficient (Wildman–Crippen LogP) is 8.09. The van der Waals surface area contributed by atoms with Crippen LogP contribution in [0, 0.1) is 45.3 Å². The van der Waals surface area contributed by atoms with Gasteiger partial charge in [0.25, 0.3) is 0 Å². The average molecular weight is 471 g/mol. The molecule has 34 heavy (non-hydrogen) atoms. The Bertz CT molecular complexity index is 849. The lowest BCUT2D eigenvalue weighted by Gasteiger charge is -2.62. The van der Waals surface area contributed by atoms with Crippen molar-refractivity contribution in [3.05, 3.63) is 22.8 Å². The fraction of sp³-hybridized carbons (Fsp3) is 0.875. The molecular weight excluding hydrogens is 416 g/mol. The van der Waals surface area contributed by atoms with Crippen LogP contribution < -0.4 is 0 Å². The molecule has 0 spiro atoms. The molecule has 0 amide bonds. The van der Waals surface area contributed by atoms with Crippen molar-refractivity contribution in [2.45, 2.75) is 132 Å². The number of rotatable bonds is 5. The summed E-state index contributed by atoms with van der Waals surface area (Å²) in [5, 5.41) is 22.2. The Labute approximate surface area is 210 Å². The molecule has 0 heterocycles. The summed E-state index contributed by atoms with van der Waals surface area (Å²) in [5.41, 5.74) is 5.77. The quantitative estimate of drug-likeness (QED) is 0.399. The van der Waals surface area contributed by atoms with Gasteiger partial charge in [-0.05, 0) is 110 Å². The van der Waals surface area contributed by atoms with Crippen LogP contribution in [0.1, 0.15) is 120 Å². The van der Waals surface area contributed by atoms with Gasteiger partial charge < -0.3 is 10.2 Å². The Morgan fingerprint density at radius 1 is 0.941 bits per heavy atom. The number of hydrogen-bond donors (Lipinski definition) is 2. The first-order valence-corrected chi connectivity index (χ1v) is 14.5. The first kappa shape index (κ1) is 26.5. The minimum absolute atomic E-state index is 0.00490. The van der Waals surface area contributed by atoms with Crippen molar-refractivity contribution in [3.8, 4) is 0 Å². The second-order valence-electron chi connectivity index (χ2n) is 14.4. The molecule has 4 aliphatic rings. The number of fused-ring (bicyclic) bond motifs is 4. The summed E-state index contributed by atoms with van der Waals surface area (Å²) in [6.07, 6.45) is 12.2. The number of aliphatic hydroxyl groups excluding tert-OH is 2. The maximum atomic E-state index is 11.4. The molecule has 0 aliphatic heterocycles. The van der Waals surface area contributed by atoms with Crippen LogP contribution in [0.4, 0.5) is 0 Å². The molecule has 0 saturated heterocycles. The third kappa shape index (κ3) is 3.63. The summed E-state index contributed by atoms with van der Waals surface area (Å²) in [4.78, 5) is 0. The van der Waals surface area contributed by atoms with E-state index in [9.17, 15) is 10.2 Å². The van der Waals surface area contributed by atoms with Gasteiger partial charge in [-0.1, -0.05) is 78.2 Å². The van der Waals surface area contributed by atoms with E-state index >= 15 is 0 Å². The highest BCUT2D eigenvalue weighted by Gasteiger charge is 2.63. The van der Waals surface area contributed by atoms with Gasteiger partial charge in [-0.15, -0.1) is 0 Å². The van der Waals surface area contributed by atoms with Crippen molar-refractivity contribution >= 4 is 0 Å². The van der Waals surface area contributed by atoms with Crippen molar-refractivity contribution in [1.29, 1.82) is 0 Å². The van der Waals surface area contributed by atoms with Crippen LogP contribution in [0.15, 0.2) is 22.8 Å². The van der Waals surface area contributed by atoms with Crippen LogP contribution in [0.2, 0.25) is 0 Å². The maximum absolute atomic E-state index is 11.4. The molecule has 1 unspecified atom stereocenters. The zero-order valence-corrected chi connectivity index (χ0v) is 23.8. The molecule has 4 rings (SSSR count). The van der Waals surface area contributed by atoms with Crippen molar-refractivity contribution in [1.82, 2.24) is 0 Å². The SMILES string of the molecule is C/C=C(/CC(O)[C@@H](C)[C@H]1CC[C@@]2(C)C3=C(CC[C@]12C)[C@@]1(C)CC[C@H](O)C(C)(C)[C@@H]1CC3)C(C)C. The molecule has 0 aromatic carbocycles. The molecule has 2 nitrogen and oxygen atoms in total. The van der Waals surface area contributed by atoms with E-state index in [2.05, 4.69) is 68.4 Å². The van der Waals surface area contributed by atoms with Gasteiger partial charge in [0, 0.05) is 0 Å². The first-order chi connectivity index (χ1) is 15.7. The average Bonchev–Trinajstić information content (AvgIpc) is 3.05. The van der Waals surface area contributed by atoms with Crippen LogP contribution in [-0.4, -0.2) is 22.4 Å². The highest BCUT2D eigenvalue weighted by Crippen LogP contribution is 2.72. The summed E-state index contributed by atoms with van der Waals surface area (Å²) in [5.74, 6) is 2.01. The van der Waals surface area contributed by atoms with Gasteiger partial charge in [-0.2, -0.15) is 0 Å². The highest BCUT2D eigenvalue weighted by molar-refractivity contribution is 5.38. The molecule has 2 saturated carbocycles. The van der Waals surface area contributed by atoms with E-state index in [-0.39, 0.29) is 33.9 Å². The second kappa shape index (κ2) is 8.76. The summed E-state index contributed by atoms with van der Waals surface area (Å²) < 4.78 is 0. The molecule has 0 aromatic rings. The zero-order valence-electron chi connectivity index (χ0n) is 23.8. The van der Waals surface area contributed by atoms with Gasteiger partial charge in [-0.3, -0.25) is 0 Å². The van der Waals surface area contributed by atoms with Gasteiger partial charge in [-0.25, -0.2) is 0 Å². The molecule has 194 valence electrons. The molecule has 8 atom stereocenters. The maximum Gasteiger partial charge on any atom is 0.0605 e. The van der Waals surface area contributed by atoms with E-state index in [1.807, 2.05) is 0 Å². The lowest BCUT2D eigenvalue weighted by Crippen LogP contribution is -2.55. The lowest BCUT2D eigenvalue weighted by atomic mass is 9.43. The Balaban J connectivity index is 1.64. The monoisotopic (exact) mass is 470 g/mol. The van der Waals surface area contributed by atoms with Crippen LogP contribution >= 0.6 is 0 Å². The molecule has 2 heteroatoms. The predicted molar refractivity (Wildman–Crippen MR) is 143 cm³/mol. The summed E-state index contributed by atoms with van der Waals surface area (Å²) in [7, 11) is 0. The van der Waals surface area contributed by atoms with Gasteiger partial charge in [0.05, 0.1) is 12.2 Å². The van der Waals surface area contributed by atoms with E-state index in [4.69, 9.17) is 0 Å². The first-order valence-electron chi connectivity index (χ1n) is 14.5. The number of allylic oxidation sites excluding steroid dienone is 3. The van der Waals surface area contributed by atoms with E-state index < -0.39 is 0 Å². The van der Waals surface area contributed by atoms with Gasteiger partial charge in [0.1, 0.15) is 0 Å². The van der Waals surface area contributed by atoms with Gasteiger partial charge in [0.15, 0.2) is 0 Å². The molecule has 0 radical (unpaired) electrons. The van der Waals surface area contributed by atoms with Crippen molar-refractivity contribution in [2.24, 2.45) is 45.3 Å². The van der Waals surface area contributed by atoms with Crippen molar-refractivity contribution in [3.63, 3.8) is 0 Å². The van der Waals surface area contributed by atoms with Crippen LogP contribution in [0.25, 0.3) is 0 Å². The molecular formula is C32H54O2. The topological polar surface area (TPSA) is 40.5 Å². The third-order valence-electron chi connectivity index (χ3n) is 12.6. The number of hydrogen-bond acceptors (Lipinski definition) is 2. The number of aliphatic hydroxyl groups is 2. The fourth-order valence-corrected chi connectivity index (χ4v) is 9.94. The largest absolute Gasteiger partial charge is 0.393 e. The van der Waals surface area contributed by atoms with E-state index in [1.165, 1.54) is 44.1 Å². The minimum Gasteiger partial charge on any atom is -0.393 e. The minimum atomic E-state index is -0.248. The fourth-order valence-electron chi connectivity index (χ4n) is 9.94. The Morgan fingerprint density at radius 3 is 2.24 bits per heavy atom. The summed E-state index contributed by atoms with van der Waals surface area (Å²) in [6.45, 7) is 21.3. The zero-order chi connectivity index (χ0) is 25.3. The Hall–Kier alpha value is -0.600. The Morgan fingerprint density at radius 2 is 1.62 bits per heavy atom. The third-order valence-corrected chi connectivity index (χ3v) is 12.6. The van der Waals surface area contributed by atoms with Gasteiger partial charge in [0.2, 0.25) is 0 Å². The van der Waals surface area contributed by atoms with E-state index in [1.54, 1.807) is 11.1 Å². The second-order valence-corrected chi connectivity index (χ2v) is 14.4. The van der Waals surface area contributed by atoms with E-state index in [0.29, 0.717) is 23.7 Å². The standard InChI is InChI=1S/C32H54O2/c1-10-22(20(2)3)19-26(33)21(4)23-13-17-32(9)25-11-12-27-29(5,6)28(34)15-16-30(27,7)24(25)14-18-31(23,32)8/h10,20-21,23,26-28,33-34H,11-19H2,1-9H3/b22-10-/t21-,23+,26?,27-,28-,30+,31+,32-/m0/s1. The van der Waals surface area contributed by atoms with Crippen LogP contribution in [0.5, 0.6) is 0 Å². The van der Waals surface area contributed by atoms with Crippen LogP contribution in [-0.2, 0) is 0 Å². The normalized spacial score (nSPS) is 43.9. The lowest BCUT2D eigenvalue weighted by molar-refractivity contribution is -0.0970. The van der Waals surface area contributed by atoms with Gasteiger partial charge >= 0.3 is 0 Å². The molecule has 4 aliphatic carbocycles. The van der Waals surface area contributed by atoms with Crippen LogP contribution in [0.3, 0.4) is 0 Å².